The Balaban J connectivity index is 1.52. The highest BCUT2D eigenvalue weighted by Gasteiger charge is 2.62. The maximum Gasteiger partial charge on any atom is 0.303 e. The summed E-state index contributed by atoms with van der Waals surface area (Å²) in [4.78, 5) is 23.4. The van der Waals surface area contributed by atoms with Gasteiger partial charge < -0.3 is 10.4 Å². The van der Waals surface area contributed by atoms with Crippen LogP contribution in [0.5, 0.6) is 0 Å². The van der Waals surface area contributed by atoms with Crippen molar-refractivity contribution in [2.75, 3.05) is 6.54 Å². The van der Waals surface area contributed by atoms with Crippen LogP contribution >= 0.6 is 0 Å². The van der Waals surface area contributed by atoms with E-state index in [1.54, 1.807) is 0 Å². The van der Waals surface area contributed by atoms with E-state index in [1.807, 2.05) is 0 Å². The normalized spacial score (nSPS) is 41.0. The van der Waals surface area contributed by atoms with E-state index >= 15 is 0 Å². The standard InChI is InChI=1S/C19H31NO3/c1-17-8-14-9-18(2,11-17)13-19(10-14,12-17)16(23)20-7-5-3-4-6-15(21)22/h14H,3-13H2,1-2H3,(H,20,23)(H,21,22). The van der Waals surface area contributed by atoms with Crippen molar-refractivity contribution < 1.29 is 14.7 Å². The van der Waals surface area contributed by atoms with E-state index in [0.29, 0.717) is 23.8 Å². The average molecular weight is 321 g/mol. The van der Waals surface area contributed by atoms with Crippen LogP contribution in [0.15, 0.2) is 0 Å². The Kier molecular flexibility index (Phi) is 4.22. The summed E-state index contributed by atoms with van der Waals surface area (Å²) in [6.45, 7) is 5.48. The predicted octanol–water partition coefficient (Wildman–Crippen LogP) is 3.74. The van der Waals surface area contributed by atoms with Gasteiger partial charge in [-0.3, -0.25) is 9.59 Å². The molecular weight excluding hydrogens is 290 g/mol. The van der Waals surface area contributed by atoms with Gasteiger partial charge >= 0.3 is 5.97 Å². The number of carboxylic acids is 1. The number of hydrogen-bond acceptors (Lipinski definition) is 2. The van der Waals surface area contributed by atoms with Crippen LogP contribution in [0.25, 0.3) is 0 Å². The topological polar surface area (TPSA) is 66.4 Å². The molecule has 0 saturated heterocycles. The number of hydrogen-bond donors (Lipinski definition) is 2. The molecule has 0 aromatic carbocycles. The number of nitrogens with one attached hydrogen (secondary N) is 1. The zero-order chi connectivity index (χ0) is 16.7. The lowest BCUT2D eigenvalue weighted by atomic mass is 9.40. The van der Waals surface area contributed by atoms with Crippen LogP contribution in [-0.4, -0.2) is 23.5 Å². The lowest BCUT2D eigenvalue weighted by molar-refractivity contribution is -0.170. The van der Waals surface area contributed by atoms with Crippen molar-refractivity contribution in [1.29, 1.82) is 0 Å². The molecule has 4 aliphatic rings. The van der Waals surface area contributed by atoms with Crippen molar-refractivity contribution in [1.82, 2.24) is 5.32 Å². The van der Waals surface area contributed by atoms with Crippen molar-refractivity contribution >= 4 is 11.9 Å². The van der Waals surface area contributed by atoms with Crippen LogP contribution in [0.4, 0.5) is 0 Å². The van der Waals surface area contributed by atoms with Gasteiger partial charge in [0.25, 0.3) is 0 Å². The van der Waals surface area contributed by atoms with E-state index in [2.05, 4.69) is 19.2 Å². The molecule has 4 fully saturated rings. The molecule has 0 spiro atoms. The predicted molar refractivity (Wildman–Crippen MR) is 89.0 cm³/mol. The SMILES string of the molecule is CC12CC3CC(C)(C1)CC(C(=O)NCCCCCC(=O)O)(C3)C2. The minimum absolute atomic E-state index is 0.121. The molecule has 4 heteroatoms. The molecule has 1 amide bonds. The third kappa shape index (κ3) is 3.41. The second-order valence-corrected chi connectivity index (χ2v) is 9.37. The van der Waals surface area contributed by atoms with Gasteiger partial charge in [-0.25, -0.2) is 0 Å². The van der Waals surface area contributed by atoms with Gasteiger partial charge in [-0.1, -0.05) is 20.3 Å². The Morgan fingerprint density at radius 3 is 2.22 bits per heavy atom. The van der Waals surface area contributed by atoms with E-state index in [-0.39, 0.29) is 17.7 Å². The Morgan fingerprint density at radius 2 is 1.65 bits per heavy atom. The van der Waals surface area contributed by atoms with E-state index in [0.717, 1.165) is 38.0 Å². The van der Waals surface area contributed by atoms with Crippen LogP contribution in [0.1, 0.15) is 78.1 Å². The molecule has 4 aliphatic carbocycles. The Bertz CT molecular complexity index is 483. The Morgan fingerprint density at radius 1 is 1.00 bits per heavy atom. The van der Waals surface area contributed by atoms with Crippen LogP contribution < -0.4 is 5.32 Å². The lowest BCUT2D eigenvalue weighted by Crippen LogP contribution is -2.59. The first-order chi connectivity index (χ1) is 10.7. The second-order valence-electron chi connectivity index (χ2n) is 9.37. The molecule has 0 radical (unpaired) electrons. The maximum atomic E-state index is 12.9. The number of rotatable bonds is 7. The minimum atomic E-state index is -0.732. The summed E-state index contributed by atoms with van der Waals surface area (Å²) in [5, 5.41) is 11.8. The summed E-state index contributed by atoms with van der Waals surface area (Å²) >= 11 is 0. The fraction of sp³-hybridized carbons (Fsp3) is 0.895. The summed E-state index contributed by atoms with van der Waals surface area (Å²) in [7, 11) is 0. The van der Waals surface area contributed by atoms with Gasteiger partial charge in [-0.15, -0.1) is 0 Å². The molecule has 130 valence electrons. The monoisotopic (exact) mass is 321 g/mol. The van der Waals surface area contributed by atoms with E-state index < -0.39 is 5.97 Å². The molecule has 0 aromatic rings. The molecule has 2 N–H and O–H groups in total. The lowest BCUT2D eigenvalue weighted by Gasteiger charge is -2.64. The van der Waals surface area contributed by atoms with E-state index in [9.17, 15) is 9.59 Å². The van der Waals surface area contributed by atoms with Gasteiger partial charge in [0.05, 0.1) is 5.41 Å². The maximum absolute atomic E-state index is 12.9. The Hall–Kier alpha value is -1.06. The Labute approximate surface area is 139 Å². The summed E-state index contributed by atoms with van der Waals surface area (Å²) in [5.74, 6) is 0.281. The number of unbranched alkanes of at least 4 members (excludes halogenated alkanes) is 2. The summed E-state index contributed by atoms with van der Waals surface area (Å²) in [6, 6.07) is 0. The molecule has 4 bridgehead atoms. The van der Waals surface area contributed by atoms with Gasteiger partial charge in [-0.05, 0) is 68.1 Å². The van der Waals surface area contributed by atoms with Crippen molar-refractivity contribution in [3.05, 3.63) is 0 Å². The van der Waals surface area contributed by atoms with Crippen LogP contribution in [0.2, 0.25) is 0 Å². The third-order valence-corrected chi connectivity index (χ3v) is 6.46. The largest absolute Gasteiger partial charge is 0.481 e. The molecule has 2 atom stereocenters. The molecule has 0 aromatic heterocycles. The molecular formula is C19H31NO3. The van der Waals surface area contributed by atoms with Gasteiger partial charge in [-0.2, -0.15) is 0 Å². The number of carboxylic acid groups (broad SMARTS) is 1. The number of carbonyl (C=O) groups is 2. The number of carbonyl (C=O) groups excluding carboxylic acids is 1. The second kappa shape index (κ2) is 5.78. The van der Waals surface area contributed by atoms with E-state index in [1.165, 1.54) is 19.3 Å². The smallest absolute Gasteiger partial charge is 0.303 e. The highest BCUT2D eigenvalue weighted by atomic mass is 16.4. The molecule has 0 aliphatic heterocycles. The average Bonchev–Trinajstić information content (AvgIpc) is 2.37. The van der Waals surface area contributed by atoms with Crippen LogP contribution in [0.3, 0.4) is 0 Å². The zero-order valence-corrected chi connectivity index (χ0v) is 14.6. The van der Waals surface area contributed by atoms with Crippen LogP contribution in [-0.2, 0) is 9.59 Å². The van der Waals surface area contributed by atoms with Crippen molar-refractivity contribution in [3.63, 3.8) is 0 Å². The quantitative estimate of drug-likeness (QED) is 0.702. The van der Waals surface area contributed by atoms with Gasteiger partial charge in [0, 0.05) is 13.0 Å². The fourth-order valence-electron chi connectivity index (χ4n) is 6.67. The number of amides is 1. The fourth-order valence-corrected chi connectivity index (χ4v) is 6.67. The van der Waals surface area contributed by atoms with Gasteiger partial charge in [0.15, 0.2) is 0 Å². The summed E-state index contributed by atoms with van der Waals surface area (Å²) < 4.78 is 0. The highest BCUT2D eigenvalue weighted by molar-refractivity contribution is 5.83. The first-order valence-corrected chi connectivity index (χ1v) is 9.25. The van der Waals surface area contributed by atoms with Crippen molar-refractivity contribution in [2.45, 2.75) is 78.1 Å². The molecule has 4 nitrogen and oxygen atoms in total. The third-order valence-electron chi connectivity index (χ3n) is 6.46. The molecule has 4 rings (SSSR count). The number of aliphatic carboxylic acids is 1. The molecule has 0 heterocycles. The highest BCUT2D eigenvalue weighted by Crippen LogP contribution is 2.69. The van der Waals surface area contributed by atoms with Crippen molar-refractivity contribution in [3.8, 4) is 0 Å². The summed E-state index contributed by atoms with van der Waals surface area (Å²) in [6.07, 6.45) is 9.83. The van der Waals surface area contributed by atoms with Gasteiger partial charge in [0.1, 0.15) is 0 Å². The van der Waals surface area contributed by atoms with E-state index in [4.69, 9.17) is 5.11 Å². The molecule has 2 unspecified atom stereocenters. The van der Waals surface area contributed by atoms with Gasteiger partial charge in [0.2, 0.25) is 5.91 Å². The first kappa shape index (κ1) is 16.8. The minimum Gasteiger partial charge on any atom is -0.481 e. The zero-order valence-electron chi connectivity index (χ0n) is 14.6. The van der Waals surface area contributed by atoms with Crippen LogP contribution in [0, 0.1) is 22.2 Å². The van der Waals surface area contributed by atoms with Crippen molar-refractivity contribution in [2.24, 2.45) is 22.2 Å². The molecule has 23 heavy (non-hydrogen) atoms. The first-order valence-electron chi connectivity index (χ1n) is 9.25. The molecule has 4 saturated carbocycles. The summed E-state index contributed by atoms with van der Waals surface area (Å²) in [5.41, 5.74) is 0.615.